The van der Waals surface area contributed by atoms with Gasteiger partial charge in [-0.1, -0.05) is 63.8 Å². The lowest BCUT2D eigenvalue weighted by atomic mass is 9.93. The minimum Gasteiger partial charge on any atom is -0.492 e. The van der Waals surface area contributed by atoms with Gasteiger partial charge >= 0.3 is 0 Å². The van der Waals surface area contributed by atoms with Gasteiger partial charge in [0.25, 0.3) is 5.91 Å². The van der Waals surface area contributed by atoms with Crippen LogP contribution in [-0.4, -0.2) is 99.0 Å². The number of carbonyl (C=O) groups is 5. The quantitative estimate of drug-likeness (QED) is 0.0605. The number of ether oxygens (including phenoxy) is 2. The van der Waals surface area contributed by atoms with Crippen molar-refractivity contribution < 1.29 is 33.4 Å². The molecule has 4 rings (SSSR count). The number of nitrogens with zero attached hydrogens (tertiary/aromatic N) is 2. The molecule has 0 unspecified atom stereocenters. The first-order valence-electron chi connectivity index (χ1n) is 22.0. The minimum atomic E-state index is -1.36. The van der Waals surface area contributed by atoms with Crippen LogP contribution in [0.25, 0.3) is 11.1 Å². The molecule has 16 nitrogen and oxygen atoms in total. The van der Waals surface area contributed by atoms with E-state index >= 15 is 0 Å². The number of nitrogens with two attached hydrogens (primary N) is 3. The number of aryl methyl sites for hydroxylation is 2. The van der Waals surface area contributed by atoms with E-state index in [0.717, 1.165) is 30.4 Å². The standard InChI is InChI=1S/C47H65N9O7/c1-5-7-8-9-10-11-31-12-15-34(30(3)26-31)43(57)54-38(18-19-48)47(61)56(4)42-33-14-17-41(63-25-22-51)36(29-33)35-27-32(13-16-40(35)62-24-21-50)28-39(44(58)52-23-20-49)55-45(59)37(6-2)53-46(42)60/h12-17,26-27,29,37-39,42H,5-11,18-19,21-25,28,48,50-51H2,1-4H3,(H,52,58)(H,53,60)(H,54,57)(H,55,59)/t37-,38-,39-,42-/m0/s1. The Morgan fingerprint density at radius 1 is 0.873 bits per heavy atom. The Hall–Kier alpha value is -6.02. The lowest BCUT2D eigenvalue weighted by molar-refractivity contribution is -0.141. The predicted molar refractivity (Wildman–Crippen MR) is 242 cm³/mol. The van der Waals surface area contributed by atoms with E-state index < -0.39 is 53.7 Å². The normalized spacial score (nSPS) is 16.6. The Kier molecular flexibility index (Phi) is 19.8. The maximum absolute atomic E-state index is 14.7. The summed E-state index contributed by atoms with van der Waals surface area (Å²) in [7, 11) is 1.46. The van der Waals surface area contributed by atoms with Crippen molar-refractivity contribution in [2.24, 2.45) is 17.2 Å². The number of carbonyl (C=O) groups excluding carboxylic acids is 5. The summed E-state index contributed by atoms with van der Waals surface area (Å²) < 4.78 is 12.2. The number of likely N-dealkylation sites (N-methyl/N-ethyl adjacent to an activating group) is 1. The summed E-state index contributed by atoms with van der Waals surface area (Å²) in [6.07, 6.45) is 6.91. The third-order valence-corrected chi connectivity index (χ3v) is 11.0. The Bertz CT molecular complexity index is 2090. The van der Waals surface area contributed by atoms with Crippen molar-refractivity contribution >= 4 is 29.5 Å². The first kappa shape index (κ1) is 49.6. The van der Waals surface area contributed by atoms with Crippen LogP contribution in [0.1, 0.15) is 97.4 Å². The molecule has 1 aliphatic rings. The van der Waals surface area contributed by atoms with Gasteiger partial charge < -0.3 is 52.8 Å². The van der Waals surface area contributed by atoms with Gasteiger partial charge in [0.15, 0.2) is 0 Å². The average Bonchev–Trinajstić information content (AvgIpc) is 3.27. The second-order valence-corrected chi connectivity index (χ2v) is 15.7. The maximum atomic E-state index is 14.7. The van der Waals surface area contributed by atoms with E-state index in [-0.39, 0.29) is 58.7 Å². The highest BCUT2D eigenvalue weighted by atomic mass is 16.5. The zero-order valence-electron chi connectivity index (χ0n) is 37.1. The van der Waals surface area contributed by atoms with Crippen LogP contribution < -0.4 is 47.9 Å². The topological polar surface area (TPSA) is 257 Å². The van der Waals surface area contributed by atoms with Gasteiger partial charge in [-0.2, -0.15) is 5.26 Å². The monoisotopic (exact) mass is 868 g/mol. The SMILES string of the molecule is CCCCCCCc1ccc(C(=O)N[C@@H](CCN)C(=O)N(C)[C@@H]2C(=O)N[C@@H](CC)C(=O)N[C@H](C(=O)NCC#N)Cc3ccc(OCCN)c(c3)-c3cc2ccc3OCCN)c(C)c1. The molecular weight excluding hydrogens is 803 g/mol. The van der Waals surface area contributed by atoms with Crippen LogP contribution in [0.5, 0.6) is 11.5 Å². The molecule has 4 atom stereocenters. The van der Waals surface area contributed by atoms with E-state index in [1.165, 1.54) is 31.2 Å². The average molecular weight is 868 g/mol. The zero-order valence-corrected chi connectivity index (χ0v) is 37.1. The summed E-state index contributed by atoms with van der Waals surface area (Å²) in [5.74, 6) is -2.19. The Balaban J connectivity index is 1.81. The van der Waals surface area contributed by atoms with Crippen molar-refractivity contribution in [2.75, 3.05) is 46.4 Å². The summed E-state index contributed by atoms with van der Waals surface area (Å²) in [4.78, 5) is 71.7. The van der Waals surface area contributed by atoms with Crippen molar-refractivity contribution in [3.8, 4) is 28.7 Å². The van der Waals surface area contributed by atoms with Gasteiger partial charge in [0.05, 0.1) is 6.07 Å². The second-order valence-electron chi connectivity index (χ2n) is 15.7. The molecule has 3 aromatic rings. The van der Waals surface area contributed by atoms with E-state index in [1.54, 1.807) is 49.4 Å². The molecule has 3 aromatic carbocycles. The van der Waals surface area contributed by atoms with Gasteiger partial charge in [-0.05, 0) is 91.7 Å². The van der Waals surface area contributed by atoms with Gasteiger partial charge in [-0.3, -0.25) is 24.0 Å². The van der Waals surface area contributed by atoms with Crippen LogP contribution in [0.4, 0.5) is 0 Å². The summed E-state index contributed by atoms with van der Waals surface area (Å²) >= 11 is 0. The van der Waals surface area contributed by atoms with Crippen molar-refractivity contribution in [3.63, 3.8) is 0 Å². The number of hydrogen-bond acceptors (Lipinski definition) is 11. The van der Waals surface area contributed by atoms with Crippen LogP contribution in [-0.2, 0) is 32.0 Å². The number of fused-ring (bicyclic) bond motifs is 5. The molecule has 0 fully saturated rings. The summed E-state index contributed by atoms with van der Waals surface area (Å²) in [6, 6.07) is 13.1. The Morgan fingerprint density at radius 3 is 2.19 bits per heavy atom. The minimum absolute atomic E-state index is 0.0210. The maximum Gasteiger partial charge on any atom is 0.252 e. The molecule has 0 saturated carbocycles. The molecular formula is C47H65N9O7. The van der Waals surface area contributed by atoms with Crippen molar-refractivity contribution in [2.45, 2.75) is 103 Å². The number of rotatable bonds is 21. The molecule has 0 aliphatic carbocycles. The first-order chi connectivity index (χ1) is 30.4. The van der Waals surface area contributed by atoms with Crippen molar-refractivity contribution in [3.05, 3.63) is 82.4 Å². The highest BCUT2D eigenvalue weighted by Crippen LogP contribution is 2.40. The van der Waals surface area contributed by atoms with Crippen LogP contribution in [0.3, 0.4) is 0 Å². The van der Waals surface area contributed by atoms with Gasteiger partial charge in [0, 0.05) is 43.2 Å². The lowest BCUT2D eigenvalue weighted by Crippen LogP contribution is -2.56. The highest BCUT2D eigenvalue weighted by molar-refractivity contribution is 6.00. The molecule has 0 spiro atoms. The number of amides is 5. The van der Waals surface area contributed by atoms with Crippen molar-refractivity contribution in [1.29, 1.82) is 5.26 Å². The Morgan fingerprint density at radius 2 is 1.56 bits per heavy atom. The summed E-state index contributed by atoms with van der Waals surface area (Å²) in [6.45, 7) is 6.25. The van der Waals surface area contributed by atoms with Crippen LogP contribution in [0.15, 0.2) is 54.6 Å². The van der Waals surface area contributed by atoms with Crippen LogP contribution in [0.2, 0.25) is 0 Å². The number of unbranched alkanes of at least 4 members (excludes halogenated alkanes) is 4. The predicted octanol–water partition coefficient (Wildman–Crippen LogP) is 3.07. The van der Waals surface area contributed by atoms with Gasteiger partial charge in [0.1, 0.15) is 55.4 Å². The molecule has 0 saturated heterocycles. The molecule has 63 heavy (non-hydrogen) atoms. The molecule has 16 heteroatoms. The molecule has 0 aromatic heterocycles. The molecule has 4 bridgehead atoms. The van der Waals surface area contributed by atoms with Gasteiger partial charge in [-0.25, -0.2) is 0 Å². The largest absolute Gasteiger partial charge is 0.492 e. The third kappa shape index (κ3) is 13.7. The van der Waals surface area contributed by atoms with E-state index in [0.29, 0.717) is 39.3 Å². The van der Waals surface area contributed by atoms with E-state index in [1.807, 2.05) is 25.1 Å². The van der Waals surface area contributed by atoms with Crippen molar-refractivity contribution in [1.82, 2.24) is 26.2 Å². The first-order valence-corrected chi connectivity index (χ1v) is 22.0. The summed E-state index contributed by atoms with van der Waals surface area (Å²) in [5, 5.41) is 20.2. The Labute approximate surface area is 371 Å². The van der Waals surface area contributed by atoms with Gasteiger partial charge in [0.2, 0.25) is 23.6 Å². The fourth-order valence-corrected chi connectivity index (χ4v) is 7.66. The van der Waals surface area contributed by atoms with Crippen LogP contribution >= 0.6 is 0 Å². The molecule has 1 aliphatic heterocycles. The van der Waals surface area contributed by atoms with Gasteiger partial charge in [-0.15, -0.1) is 0 Å². The second kappa shape index (κ2) is 25.2. The lowest BCUT2D eigenvalue weighted by Gasteiger charge is -2.33. The highest BCUT2D eigenvalue weighted by Gasteiger charge is 2.36. The summed E-state index contributed by atoms with van der Waals surface area (Å²) in [5.41, 5.74) is 22.0. The van der Waals surface area contributed by atoms with E-state index in [2.05, 4.69) is 28.2 Å². The van der Waals surface area contributed by atoms with E-state index in [9.17, 15) is 29.2 Å². The number of nitriles is 1. The molecule has 340 valence electrons. The molecule has 1 heterocycles. The number of benzene rings is 3. The molecule has 5 amide bonds. The van der Waals surface area contributed by atoms with Crippen LogP contribution in [0, 0.1) is 18.3 Å². The third-order valence-electron chi connectivity index (χ3n) is 11.0. The zero-order chi connectivity index (χ0) is 45.9. The number of hydrogen-bond donors (Lipinski definition) is 7. The molecule has 0 radical (unpaired) electrons. The number of nitrogens with one attached hydrogen (secondary N) is 4. The fraction of sp³-hybridized carbons (Fsp3) is 0.489. The molecule has 10 N–H and O–H groups in total. The van der Waals surface area contributed by atoms with E-state index in [4.69, 9.17) is 26.7 Å². The smallest absolute Gasteiger partial charge is 0.252 e. The fourth-order valence-electron chi connectivity index (χ4n) is 7.66.